The Kier molecular flexibility index (Phi) is 7.09. The molecule has 0 aromatic carbocycles. The smallest absolute Gasteiger partial charge is 0.0229 e. The summed E-state index contributed by atoms with van der Waals surface area (Å²) >= 11 is 0. The monoisotopic (exact) mass is 241 g/mol. The van der Waals surface area contributed by atoms with Gasteiger partial charge in [0.1, 0.15) is 0 Å². The van der Waals surface area contributed by atoms with Crippen LogP contribution in [-0.2, 0) is 0 Å². The molecule has 1 aliphatic heterocycles. The van der Waals surface area contributed by atoms with Crippen LogP contribution in [0.2, 0.25) is 0 Å². The quantitative estimate of drug-likeness (QED) is 0.654. The van der Waals surface area contributed by atoms with Crippen LogP contribution in [0.1, 0.15) is 39.5 Å². The van der Waals surface area contributed by atoms with E-state index in [0.717, 1.165) is 12.1 Å². The largest absolute Gasteiger partial charge is 0.317 e. The van der Waals surface area contributed by atoms with Crippen molar-refractivity contribution < 1.29 is 0 Å². The van der Waals surface area contributed by atoms with Crippen molar-refractivity contribution in [3.63, 3.8) is 0 Å². The van der Waals surface area contributed by atoms with Gasteiger partial charge in [0.05, 0.1) is 0 Å². The average Bonchev–Trinajstić information content (AvgIpc) is 2.78. The molecule has 3 heteroatoms. The van der Waals surface area contributed by atoms with Crippen molar-refractivity contribution in [1.82, 2.24) is 15.1 Å². The van der Waals surface area contributed by atoms with E-state index >= 15 is 0 Å². The fourth-order valence-corrected chi connectivity index (χ4v) is 2.60. The molecule has 0 radical (unpaired) electrons. The van der Waals surface area contributed by atoms with Crippen LogP contribution in [0.4, 0.5) is 0 Å². The van der Waals surface area contributed by atoms with Gasteiger partial charge in [0.2, 0.25) is 0 Å². The van der Waals surface area contributed by atoms with Gasteiger partial charge in [-0.2, -0.15) is 0 Å². The van der Waals surface area contributed by atoms with Crippen LogP contribution in [0.15, 0.2) is 0 Å². The molecule has 2 atom stereocenters. The highest BCUT2D eigenvalue weighted by Crippen LogP contribution is 2.18. The zero-order chi connectivity index (χ0) is 12.7. The Bertz CT molecular complexity index is 194. The Hall–Kier alpha value is -0.120. The lowest BCUT2D eigenvalue weighted by atomic mass is 10.1. The molecule has 0 amide bonds. The molecule has 0 aliphatic carbocycles. The Morgan fingerprint density at radius 1 is 1.35 bits per heavy atom. The first kappa shape index (κ1) is 14.9. The molecule has 0 aromatic heterocycles. The lowest BCUT2D eigenvalue weighted by molar-refractivity contribution is 0.216. The Morgan fingerprint density at radius 3 is 2.71 bits per heavy atom. The van der Waals surface area contributed by atoms with E-state index in [1.165, 1.54) is 51.9 Å². The standard InChI is InChI=1S/C14H31N3/c1-5-9-15-10-6-7-13(2)17-11-8-14(12-17)16(3)4/h13-15H,5-12H2,1-4H3. The number of hydrogen-bond donors (Lipinski definition) is 1. The second kappa shape index (κ2) is 8.06. The van der Waals surface area contributed by atoms with Gasteiger partial charge in [-0.1, -0.05) is 6.92 Å². The molecule has 1 aliphatic rings. The highest BCUT2D eigenvalue weighted by molar-refractivity contribution is 4.83. The number of hydrogen-bond acceptors (Lipinski definition) is 3. The van der Waals surface area contributed by atoms with Gasteiger partial charge in [0.25, 0.3) is 0 Å². The molecule has 2 unspecified atom stereocenters. The predicted molar refractivity (Wildman–Crippen MR) is 75.5 cm³/mol. The lowest BCUT2D eigenvalue weighted by Crippen LogP contribution is -2.36. The Morgan fingerprint density at radius 2 is 2.12 bits per heavy atom. The van der Waals surface area contributed by atoms with Gasteiger partial charge >= 0.3 is 0 Å². The van der Waals surface area contributed by atoms with Crippen molar-refractivity contribution in [2.45, 2.75) is 51.6 Å². The van der Waals surface area contributed by atoms with Gasteiger partial charge in [-0.3, -0.25) is 4.90 Å². The first-order chi connectivity index (χ1) is 8.15. The molecule has 1 heterocycles. The minimum absolute atomic E-state index is 0.753. The van der Waals surface area contributed by atoms with E-state index in [1.54, 1.807) is 0 Å². The second-order valence-corrected chi connectivity index (χ2v) is 5.64. The maximum atomic E-state index is 3.48. The highest BCUT2D eigenvalue weighted by Gasteiger charge is 2.26. The van der Waals surface area contributed by atoms with E-state index < -0.39 is 0 Å². The molecule has 1 N–H and O–H groups in total. The lowest BCUT2D eigenvalue weighted by Gasteiger charge is -2.25. The van der Waals surface area contributed by atoms with Gasteiger partial charge in [0, 0.05) is 25.2 Å². The van der Waals surface area contributed by atoms with Crippen LogP contribution in [-0.4, -0.2) is 62.2 Å². The number of likely N-dealkylation sites (N-methyl/N-ethyl adjacent to an activating group) is 1. The molecule has 17 heavy (non-hydrogen) atoms. The third-order valence-electron chi connectivity index (χ3n) is 3.95. The molecular formula is C14H31N3. The van der Waals surface area contributed by atoms with Gasteiger partial charge in [0.15, 0.2) is 0 Å². The van der Waals surface area contributed by atoms with Crippen molar-refractivity contribution in [1.29, 1.82) is 0 Å². The zero-order valence-electron chi connectivity index (χ0n) is 12.2. The molecule has 0 bridgehead atoms. The van der Waals surface area contributed by atoms with Crippen LogP contribution < -0.4 is 5.32 Å². The molecule has 0 saturated carbocycles. The molecule has 102 valence electrons. The van der Waals surface area contributed by atoms with Gasteiger partial charge < -0.3 is 10.2 Å². The number of likely N-dealkylation sites (tertiary alicyclic amines) is 1. The normalized spacial score (nSPS) is 23.5. The maximum absolute atomic E-state index is 3.48. The van der Waals surface area contributed by atoms with Crippen LogP contribution >= 0.6 is 0 Å². The predicted octanol–water partition coefficient (Wildman–Crippen LogP) is 1.79. The van der Waals surface area contributed by atoms with E-state index in [9.17, 15) is 0 Å². The van der Waals surface area contributed by atoms with Crippen LogP contribution in [0, 0.1) is 0 Å². The van der Waals surface area contributed by atoms with Crippen LogP contribution in [0.25, 0.3) is 0 Å². The minimum Gasteiger partial charge on any atom is -0.317 e. The highest BCUT2D eigenvalue weighted by atomic mass is 15.2. The molecule has 1 fully saturated rings. The molecule has 0 spiro atoms. The maximum Gasteiger partial charge on any atom is 0.0229 e. The van der Waals surface area contributed by atoms with Crippen molar-refractivity contribution in [2.24, 2.45) is 0 Å². The van der Waals surface area contributed by atoms with Gasteiger partial charge in [-0.25, -0.2) is 0 Å². The Labute approximate surface area is 108 Å². The summed E-state index contributed by atoms with van der Waals surface area (Å²) < 4.78 is 0. The van der Waals surface area contributed by atoms with E-state index in [2.05, 4.69) is 43.1 Å². The summed E-state index contributed by atoms with van der Waals surface area (Å²) in [6.07, 6.45) is 5.22. The second-order valence-electron chi connectivity index (χ2n) is 5.64. The van der Waals surface area contributed by atoms with Crippen LogP contribution in [0.5, 0.6) is 0 Å². The molecule has 3 nitrogen and oxygen atoms in total. The third-order valence-corrected chi connectivity index (χ3v) is 3.95. The fourth-order valence-electron chi connectivity index (χ4n) is 2.60. The Balaban J connectivity index is 2.10. The number of nitrogens with zero attached hydrogens (tertiary/aromatic N) is 2. The topological polar surface area (TPSA) is 18.5 Å². The first-order valence-corrected chi connectivity index (χ1v) is 7.26. The summed E-state index contributed by atoms with van der Waals surface area (Å²) in [5.41, 5.74) is 0. The summed E-state index contributed by atoms with van der Waals surface area (Å²) in [6, 6.07) is 1.53. The van der Waals surface area contributed by atoms with Gasteiger partial charge in [-0.15, -0.1) is 0 Å². The SMILES string of the molecule is CCCNCCCC(C)N1CCC(N(C)C)C1. The summed E-state index contributed by atoms with van der Waals surface area (Å²) in [7, 11) is 4.40. The zero-order valence-corrected chi connectivity index (χ0v) is 12.2. The van der Waals surface area contributed by atoms with Crippen molar-refractivity contribution >= 4 is 0 Å². The summed E-state index contributed by atoms with van der Waals surface area (Å²) in [6.45, 7) is 9.51. The molecule has 0 aromatic rings. The van der Waals surface area contributed by atoms with E-state index in [-0.39, 0.29) is 0 Å². The third kappa shape index (κ3) is 5.36. The van der Waals surface area contributed by atoms with E-state index in [1.807, 2.05) is 0 Å². The molecule has 1 rings (SSSR count). The van der Waals surface area contributed by atoms with Crippen molar-refractivity contribution in [3.8, 4) is 0 Å². The number of nitrogens with one attached hydrogen (secondary N) is 1. The van der Waals surface area contributed by atoms with Crippen LogP contribution in [0.3, 0.4) is 0 Å². The van der Waals surface area contributed by atoms with E-state index in [0.29, 0.717) is 0 Å². The van der Waals surface area contributed by atoms with Gasteiger partial charge in [-0.05, 0) is 59.8 Å². The van der Waals surface area contributed by atoms with E-state index in [4.69, 9.17) is 0 Å². The number of rotatable bonds is 8. The first-order valence-electron chi connectivity index (χ1n) is 7.26. The molecule has 1 saturated heterocycles. The average molecular weight is 241 g/mol. The molecular weight excluding hydrogens is 210 g/mol. The summed E-state index contributed by atoms with van der Waals surface area (Å²) in [5.74, 6) is 0. The van der Waals surface area contributed by atoms with Crippen molar-refractivity contribution in [2.75, 3.05) is 40.3 Å². The fraction of sp³-hybridized carbons (Fsp3) is 1.00. The van der Waals surface area contributed by atoms with Crippen molar-refractivity contribution in [3.05, 3.63) is 0 Å². The summed E-state index contributed by atoms with van der Waals surface area (Å²) in [5, 5.41) is 3.48. The minimum atomic E-state index is 0.753. The summed E-state index contributed by atoms with van der Waals surface area (Å²) in [4.78, 5) is 5.03.